The Hall–Kier alpha value is -2.25. The quantitative estimate of drug-likeness (QED) is 0.909. The number of rotatable bonds is 4. The first-order chi connectivity index (χ1) is 12.0. The molecule has 2 heterocycles. The van der Waals surface area contributed by atoms with E-state index in [0.717, 1.165) is 48.1 Å². The van der Waals surface area contributed by atoms with Crippen molar-refractivity contribution in [3.05, 3.63) is 35.3 Å². The second-order valence-corrected chi connectivity index (χ2v) is 7.12. The van der Waals surface area contributed by atoms with E-state index in [-0.39, 0.29) is 11.8 Å². The molecule has 0 bridgehead atoms. The highest BCUT2D eigenvalue weighted by atomic mass is 32.1. The van der Waals surface area contributed by atoms with Crippen molar-refractivity contribution in [2.24, 2.45) is 0 Å². The molecule has 2 amide bonds. The van der Waals surface area contributed by atoms with E-state index in [1.165, 1.54) is 18.3 Å². The summed E-state index contributed by atoms with van der Waals surface area (Å²) in [4.78, 5) is 32.3. The summed E-state index contributed by atoms with van der Waals surface area (Å²) in [5.41, 5.74) is 2.48. The molecule has 0 atom stereocenters. The third kappa shape index (κ3) is 4.64. The van der Waals surface area contributed by atoms with Gasteiger partial charge in [0, 0.05) is 49.7 Å². The Morgan fingerprint density at radius 1 is 1.24 bits per heavy atom. The van der Waals surface area contributed by atoms with Crippen LogP contribution >= 0.6 is 11.3 Å². The molecule has 1 aromatic heterocycles. The highest BCUT2D eigenvalue weighted by Gasteiger charge is 2.20. The maximum absolute atomic E-state index is 12.4. The monoisotopic (exact) mass is 358 g/mol. The lowest BCUT2D eigenvalue weighted by Gasteiger charge is -2.32. The first kappa shape index (κ1) is 17.6. The number of nitrogens with zero attached hydrogens (tertiary/aromatic N) is 3. The van der Waals surface area contributed by atoms with Gasteiger partial charge in [-0.25, -0.2) is 4.98 Å². The summed E-state index contributed by atoms with van der Waals surface area (Å²) < 4.78 is 0. The number of thiazole rings is 1. The van der Waals surface area contributed by atoms with Gasteiger partial charge in [0.2, 0.25) is 11.8 Å². The summed E-state index contributed by atoms with van der Waals surface area (Å²) in [6, 6.07) is 7.58. The van der Waals surface area contributed by atoms with E-state index in [4.69, 9.17) is 0 Å². The van der Waals surface area contributed by atoms with Gasteiger partial charge in [0.05, 0.1) is 12.1 Å². The van der Waals surface area contributed by atoms with E-state index >= 15 is 0 Å². The SMILES string of the molecule is CC(=O)Nc1cccc(-c2nc(CC(=O)N3CCN(C)CC3)cs2)c1. The van der Waals surface area contributed by atoms with Crippen molar-refractivity contribution in [1.29, 1.82) is 0 Å². The molecule has 0 spiro atoms. The third-order valence-electron chi connectivity index (χ3n) is 4.17. The number of anilines is 1. The molecular formula is C18H22N4O2S. The van der Waals surface area contributed by atoms with Crippen molar-refractivity contribution < 1.29 is 9.59 Å². The predicted octanol–water partition coefficient (Wildman–Crippen LogP) is 2.08. The molecule has 1 fully saturated rings. The molecule has 132 valence electrons. The van der Waals surface area contributed by atoms with Crippen LogP contribution in [0.3, 0.4) is 0 Å². The molecule has 2 aromatic rings. The first-order valence-electron chi connectivity index (χ1n) is 8.30. The zero-order valence-corrected chi connectivity index (χ0v) is 15.3. The molecule has 7 heteroatoms. The molecular weight excluding hydrogens is 336 g/mol. The van der Waals surface area contributed by atoms with Crippen molar-refractivity contribution in [1.82, 2.24) is 14.8 Å². The highest BCUT2D eigenvalue weighted by molar-refractivity contribution is 7.13. The van der Waals surface area contributed by atoms with E-state index < -0.39 is 0 Å². The summed E-state index contributed by atoms with van der Waals surface area (Å²) in [5, 5.41) is 5.57. The molecule has 1 N–H and O–H groups in total. The second-order valence-electron chi connectivity index (χ2n) is 6.27. The molecule has 1 aromatic carbocycles. The standard InChI is InChI=1S/C18H22N4O2S/c1-13(23)19-15-5-3-4-14(10-15)18-20-16(12-25-18)11-17(24)22-8-6-21(2)7-9-22/h3-5,10,12H,6-9,11H2,1-2H3,(H,19,23). The number of carbonyl (C=O) groups excluding carboxylic acids is 2. The maximum Gasteiger partial charge on any atom is 0.228 e. The van der Waals surface area contributed by atoms with E-state index in [2.05, 4.69) is 22.2 Å². The van der Waals surface area contributed by atoms with Gasteiger partial charge in [-0.15, -0.1) is 11.3 Å². The summed E-state index contributed by atoms with van der Waals surface area (Å²) in [5.74, 6) is 0.0340. The first-order valence-corrected chi connectivity index (χ1v) is 9.18. The van der Waals surface area contributed by atoms with Crippen molar-refractivity contribution in [3.63, 3.8) is 0 Å². The smallest absolute Gasteiger partial charge is 0.228 e. The molecule has 1 aliphatic heterocycles. The van der Waals surface area contributed by atoms with Gasteiger partial charge in [-0.2, -0.15) is 0 Å². The Morgan fingerprint density at radius 2 is 2.00 bits per heavy atom. The van der Waals surface area contributed by atoms with Crippen molar-refractivity contribution >= 4 is 28.8 Å². The van der Waals surface area contributed by atoms with Gasteiger partial charge in [-0.1, -0.05) is 12.1 Å². The lowest BCUT2D eigenvalue weighted by atomic mass is 10.2. The van der Waals surface area contributed by atoms with Crippen LogP contribution in [-0.2, 0) is 16.0 Å². The number of aromatic nitrogens is 1. The largest absolute Gasteiger partial charge is 0.340 e. The van der Waals surface area contributed by atoms with Gasteiger partial charge in [-0.3, -0.25) is 9.59 Å². The fourth-order valence-electron chi connectivity index (χ4n) is 2.78. The minimum atomic E-state index is -0.102. The second kappa shape index (κ2) is 7.76. The topological polar surface area (TPSA) is 65.5 Å². The molecule has 1 saturated heterocycles. The summed E-state index contributed by atoms with van der Waals surface area (Å²) in [7, 11) is 2.07. The number of likely N-dealkylation sites (N-methyl/N-ethyl adjacent to an activating group) is 1. The van der Waals surface area contributed by atoms with Crippen LogP contribution in [0, 0.1) is 0 Å². The predicted molar refractivity (Wildman–Crippen MR) is 99.6 cm³/mol. The van der Waals surface area contributed by atoms with Gasteiger partial charge >= 0.3 is 0 Å². The fourth-order valence-corrected chi connectivity index (χ4v) is 3.59. The molecule has 0 unspecified atom stereocenters. The Kier molecular flexibility index (Phi) is 5.45. The number of amides is 2. The number of benzene rings is 1. The molecule has 1 aliphatic rings. The van der Waals surface area contributed by atoms with Crippen LogP contribution in [0.1, 0.15) is 12.6 Å². The van der Waals surface area contributed by atoms with Crippen LogP contribution in [0.15, 0.2) is 29.6 Å². The normalized spacial score (nSPS) is 15.2. The average Bonchev–Trinajstić information content (AvgIpc) is 3.03. The van der Waals surface area contributed by atoms with Gasteiger partial charge in [0.25, 0.3) is 0 Å². The molecule has 3 rings (SSSR count). The van der Waals surface area contributed by atoms with Crippen molar-refractivity contribution in [2.45, 2.75) is 13.3 Å². The molecule has 25 heavy (non-hydrogen) atoms. The van der Waals surface area contributed by atoms with Crippen LogP contribution < -0.4 is 5.32 Å². The minimum Gasteiger partial charge on any atom is -0.340 e. The number of hydrogen-bond donors (Lipinski definition) is 1. The van der Waals surface area contributed by atoms with Gasteiger partial charge < -0.3 is 15.1 Å². The van der Waals surface area contributed by atoms with Crippen LogP contribution in [0.2, 0.25) is 0 Å². The maximum atomic E-state index is 12.4. The van der Waals surface area contributed by atoms with Gasteiger partial charge in [0.1, 0.15) is 5.01 Å². The Balaban J connectivity index is 1.66. The zero-order valence-electron chi connectivity index (χ0n) is 14.5. The molecule has 6 nitrogen and oxygen atoms in total. The molecule has 0 aliphatic carbocycles. The summed E-state index contributed by atoms with van der Waals surface area (Å²) in [6.45, 7) is 4.89. The number of nitrogens with one attached hydrogen (secondary N) is 1. The Bertz CT molecular complexity index is 766. The van der Waals surface area contributed by atoms with Gasteiger partial charge in [0.15, 0.2) is 0 Å². The van der Waals surface area contributed by atoms with E-state index in [9.17, 15) is 9.59 Å². The van der Waals surface area contributed by atoms with Crippen LogP contribution in [-0.4, -0.2) is 59.8 Å². The van der Waals surface area contributed by atoms with E-state index in [0.29, 0.717) is 6.42 Å². The zero-order chi connectivity index (χ0) is 17.8. The lowest BCUT2D eigenvalue weighted by molar-refractivity contribution is -0.132. The molecule has 0 radical (unpaired) electrons. The lowest BCUT2D eigenvalue weighted by Crippen LogP contribution is -2.47. The summed E-state index contributed by atoms with van der Waals surface area (Å²) >= 11 is 1.52. The number of hydrogen-bond acceptors (Lipinski definition) is 5. The summed E-state index contributed by atoms with van der Waals surface area (Å²) in [6.07, 6.45) is 0.339. The van der Waals surface area contributed by atoms with Crippen LogP contribution in [0.4, 0.5) is 5.69 Å². The van der Waals surface area contributed by atoms with Crippen molar-refractivity contribution in [2.75, 3.05) is 38.5 Å². The van der Waals surface area contributed by atoms with E-state index in [1.54, 1.807) is 0 Å². The van der Waals surface area contributed by atoms with Gasteiger partial charge in [-0.05, 0) is 19.2 Å². The van der Waals surface area contributed by atoms with Crippen LogP contribution in [0.25, 0.3) is 10.6 Å². The Labute approximate surface area is 151 Å². The molecule has 0 saturated carbocycles. The van der Waals surface area contributed by atoms with Crippen molar-refractivity contribution in [3.8, 4) is 10.6 Å². The minimum absolute atomic E-state index is 0.102. The average molecular weight is 358 g/mol. The third-order valence-corrected chi connectivity index (χ3v) is 5.11. The number of carbonyl (C=O) groups is 2. The highest BCUT2D eigenvalue weighted by Crippen LogP contribution is 2.26. The number of piperazine rings is 1. The van der Waals surface area contributed by atoms with E-state index in [1.807, 2.05) is 34.5 Å². The van der Waals surface area contributed by atoms with Crippen LogP contribution in [0.5, 0.6) is 0 Å². The fraction of sp³-hybridized carbons (Fsp3) is 0.389. The Morgan fingerprint density at radius 3 is 2.72 bits per heavy atom.